The molecule has 0 aliphatic heterocycles. The van der Waals surface area contributed by atoms with Gasteiger partial charge >= 0.3 is 0 Å². The van der Waals surface area contributed by atoms with E-state index in [2.05, 4.69) is 40.9 Å². The van der Waals surface area contributed by atoms with Crippen LogP contribution in [0.25, 0.3) is 16.9 Å². The normalized spacial score (nSPS) is 12.2. The Bertz CT molecular complexity index is 1430. The number of hydrogen-bond acceptors (Lipinski definition) is 5. The van der Waals surface area contributed by atoms with E-state index in [9.17, 15) is 8.42 Å². The van der Waals surface area contributed by atoms with Crippen LogP contribution in [0.15, 0.2) is 65.7 Å². The largest absolute Gasteiger partial charge is 0.369 e. The number of benzene rings is 2. The van der Waals surface area contributed by atoms with Crippen molar-refractivity contribution >= 4 is 46.4 Å². The van der Waals surface area contributed by atoms with E-state index in [4.69, 9.17) is 19.4 Å². The van der Waals surface area contributed by atoms with Gasteiger partial charge in [0.15, 0.2) is 5.65 Å². The summed E-state index contributed by atoms with van der Waals surface area (Å²) in [6.45, 7) is 6.74. The maximum absolute atomic E-state index is 12.7. The van der Waals surface area contributed by atoms with Gasteiger partial charge in [-0.3, -0.25) is 0 Å². The molecule has 0 saturated carbocycles. The zero-order valence-corrected chi connectivity index (χ0v) is 20.8. The topological polar surface area (TPSA) is 88.4 Å². The average molecular weight is 494 g/mol. The van der Waals surface area contributed by atoms with Crippen LogP contribution in [0.1, 0.15) is 26.3 Å². The number of fused-ring (bicyclic) bond motifs is 1. The summed E-state index contributed by atoms with van der Waals surface area (Å²) in [7, 11) is 2.41. The standard InChI is InChI=1S/C24H25BClN5O2S/c1-24(2,3)16-8-10-17(11-9-16)34(32,33)29-13-12-27-22-14-21(18-6-4-5-7-20(18)26)30-23-19(25)15-28-31(22)23/h4-11,14-15,27,29H,12-13H2,1-3H3. The van der Waals surface area contributed by atoms with Crippen molar-refractivity contribution in [2.75, 3.05) is 18.4 Å². The summed E-state index contributed by atoms with van der Waals surface area (Å²) in [5.41, 5.74) is 3.33. The molecular weight excluding hydrogens is 469 g/mol. The molecule has 34 heavy (non-hydrogen) atoms. The molecule has 10 heteroatoms. The van der Waals surface area contributed by atoms with Crippen molar-refractivity contribution in [2.45, 2.75) is 31.1 Å². The van der Waals surface area contributed by atoms with Crippen molar-refractivity contribution in [1.29, 1.82) is 0 Å². The average Bonchev–Trinajstić information content (AvgIpc) is 3.17. The molecule has 2 radical (unpaired) electrons. The fourth-order valence-corrected chi connectivity index (χ4v) is 4.77. The van der Waals surface area contributed by atoms with Crippen LogP contribution in [0.5, 0.6) is 0 Å². The minimum atomic E-state index is -3.63. The maximum atomic E-state index is 12.7. The Hall–Kier alpha value is -2.88. The lowest BCUT2D eigenvalue weighted by Gasteiger charge is -2.19. The van der Waals surface area contributed by atoms with Gasteiger partial charge in [-0.05, 0) is 34.6 Å². The first-order valence-electron chi connectivity index (χ1n) is 10.8. The van der Waals surface area contributed by atoms with E-state index in [0.717, 1.165) is 11.1 Å². The predicted octanol–water partition coefficient (Wildman–Crippen LogP) is 3.53. The van der Waals surface area contributed by atoms with E-state index in [1.165, 1.54) is 6.20 Å². The van der Waals surface area contributed by atoms with E-state index in [-0.39, 0.29) is 16.9 Å². The summed E-state index contributed by atoms with van der Waals surface area (Å²) in [5.74, 6) is 0.616. The van der Waals surface area contributed by atoms with E-state index >= 15 is 0 Å². The van der Waals surface area contributed by atoms with E-state index in [1.807, 2.05) is 30.3 Å². The first-order valence-corrected chi connectivity index (χ1v) is 12.7. The van der Waals surface area contributed by atoms with E-state index in [1.54, 1.807) is 28.8 Å². The molecule has 0 amide bonds. The third-order valence-electron chi connectivity index (χ3n) is 5.40. The lowest BCUT2D eigenvalue weighted by Crippen LogP contribution is -2.29. The van der Waals surface area contributed by atoms with Gasteiger partial charge in [0.25, 0.3) is 0 Å². The van der Waals surface area contributed by atoms with Gasteiger partial charge in [0.1, 0.15) is 13.7 Å². The molecule has 2 heterocycles. The van der Waals surface area contributed by atoms with Gasteiger partial charge in [-0.15, -0.1) is 0 Å². The lowest BCUT2D eigenvalue weighted by atomic mass is 9.87. The molecule has 2 aromatic carbocycles. The smallest absolute Gasteiger partial charge is 0.240 e. The monoisotopic (exact) mass is 493 g/mol. The fourth-order valence-electron chi connectivity index (χ4n) is 3.51. The number of anilines is 1. The Morgan fingerprint density at radius 1 is 1.06 bits per heavy atom. The first-order chi connectivity index (χ1) is 16.1. The zero-order chi connectivity index (χ0) is 24.5. The zero-order valence-electron chi connectivity index (χ0n) is 19.2. The molecule has 0 aliphatic carbocycles. The molecular formula is C24H25BClN5O2S. The molecule has 0 bridgehead atoms. The van der Waals surface area contributed by atoms with Gasteiger partial charge in [0.05, 0.1) is 10.6 Å². The Labute approximate surface area is 206 Å². The maximum Gasteiger partial charge on any atom is 0.240 e. The third-order valence-corrected chi connectivity index (χ3v) is 7.21. The molecule has 0 fully saturated rings. The van der Waals surface area contributed by atoms with Crippen molar-refractivity contribution in [3.05, 3.63) is 71.4 Å². The van der Waals surface area contributed by atoms with Gasteiger partial charge in [-0.25, -0.2) is 18.1 Å². The number of aromatic nitrogens is 3. The number of rotatable bonds is 7. The van der Waals surface area contributed by atoms with Crippen molar-refractivity contribution in [3.8, 4) is 11.3 Å². The molecule has 0 saturated heterocycles. The number of sulfonamides is 1. The Balaban J connectivity index is 1.49. The minimum absolute atomic E-state index is 0.0474. The van der Waals surface area contributed by atoms with E-state index in [0.29, 0.717) is 34.2 Å². The fraction of sp³-hybridized carbons (Fsp3) is 0.250. The number of nitrogens with one attached hydrogen (secondary N) is 2. The molecule has 174 valence electrons. The van der Waals surface area contributed by atoms with E-state index < -0.39 is 10.0 Å². The van der Waals surface area contributed by atoms with Crippen LogP contribution in [0.3, 0.4) is 0 Å². The Morgan fingerprint density at radius 2 is 1.76 bits per heavy atom. The number of hydrogen-bond donors (Lipinski definition) is 2. The Kier molecular flexibility index (Phi) is 6.71. The van der Waals surface area contributed by atoms with Gasteiger partial charge in [-0.1, -0.05) is 62.7 Å². The molecule has 4 aromatic rings. The van der Waals surface area contributed by atoms with Crippen LogP contribution in [0, 0.1) is 0 Å². The van der Waals surface area contributed by atoms with Crippen LogP contribution >= 0.6 is 11.6 Å². The number of nitrogens with zero attached hydrogens (tertiary/aromatic N) is 3. The van der Waals surface area contributed by atoms with Crippen LogP contribution in [-0.2, 0) is 15.4 Å². The first kappa shape index (κ1) is 24.3. The van der Waals surface area contributed by atoms with Gasteiger partial charge in [-0.2, -0.15) is 9.61 Å². The highest BCUT2D eigenvalue weighted by Gasteiger charge is 2.17. The van der Waals surface area contributed by atoms with Crippen LogP contribution in [0.2, 0.25) is 5.02 Å². The minimum Gasteiger partial charge on any atom is -0.369 e. The van der Waals surface area contributed by atoms with Crippen molar-refractivity contribution in [3.63, 3.8) is 0 Å². The molecule has 0 unspecified atom stereocenters. The van der Waals surface area contributed by atoms with Crippen LogP contribution in [0.4, 0.5) is 5.82 Å². The number of halogens is 1. The second kappa shape index (κ2) is 9.41. The molecule has 2 aromatic heterocycles. The quantitative estimate of drug-likeness (QED) is 0.304. The van der Waals surface area contributed by atoms with Gasteiger partial charge in [0.2, 0.25) is 10.0 Å². The van der Waals surface area contributed by atoms with Gasteiger partial charge in [0, 0.05) is 35.9 Å². The Morgan fingerprint density at radius 3 is 2.44 bits per heavy atom. The highest BCUT2D eigenvalue weighted by molar-refractivity contribution is 7.89. The van der Waals surface area contributed by atoms with Crippen LogP contribution < -0.4 is 15.5 Å². The molecule has 2 N–H and O–H groups in total. The highest BCUT2D eigenvalue weighted by Crippen LogP contribution is 2.28. The SMILES string of the molecule is [B]c1cnn2c(NCCNS(=O)(=O)c3ccc(C(C)(C)C)cc3)cc(-c3ccccc3Cl)nc12. The molecule has 4 rings (SSSR count). The summed E-state index contributed by atoms with van der Waals surface area (Å²) in [5, 5.41) is 8.06. The third kappa shape index (κ3) is 5.11. The van der Waals surface area contributed by atoms with Crippen molar-refractivity contribution < 1.29 is 8.42 Å². The second-order valence-corrected chi connectivity index (χ2v) is 11.1. The van der Waals surface area contributed by atoms with Crippen LogP contribution in [-0.4, -0.2) is 44.0 Å². The molecule has 7 nitrogen and oxygen atoms in total. The summed E-state index contributed by atoms with van der Waals surface area (Å²) in [4.78, 5) is 4.83. The van der Waals surface area contributed by atoms with Gasteiger partial charge < -0.3 is 5.32 Å². The summed E-state index contributed by atoms with van der Waals surface area (Å²) in [6.07, 6.45) is 1.52. The molecule has 0 aliphatic rings. The summed E-state index contributed by atoms with van der Waals surface area (Å²) < 4.78 is 29.6. The highest BCUT2D eigenvalue weighted by atomic mass is 35.5. The summed E-state index contributed by atoms with van der Waals surface area (Å²) >= 11 is 6.36. The molecule has 0 spiro atoms. The second-order valence-electron chi connectivity index (χ2n) is 8.94. The summed E-state index contributed by atoms with van der Waals surface area (Å²) in [6, 6.07) is 16.1. The lowest BCUT2D eigenvalue weighted by molar-refractivity contribution is 0.579. The predicted molar refractivity (Wildman–Crippen MR) is 138 cm³/mol. The van der Waals surface area contributed by atoms with Crippen molar-refractivity contribution in [2.24, 2.45) is 0 Å². The molecule has 0 atom stereocenters. The van der Waals surface area contributed by atoms with Crippen molar-refractivity contribution in [1.82, 2.24) is 19.3 Å².